The summed E-state index contributed by atoms with van der Waals surface area (Å²) in [5, 5.41) is 0. The topological polar surface area (TPSA) is 59.7 Å². The molecule has 0 atom stereocenters. The van der Waals surface area contributed by atoms with E-state index in [4.69, 9.17) is 4.74 Å². The molecular weight excluding hydrogens is 428 g/mol. The fourth-order valence-electron chi connectivity index (χ4n) is 3.79. The number of ether oxygens (including phenoxy) is 1. The SMILES string of the molecule is CCOc1cc2nc(C3CN(CC(F)F)C3)cn2cc1CC(=O)c1cccc(C(F)F)n1. The predicted octanol–water partition coefficient (Wildman–Crippen LogP) is 4.16. The first kappa shape index (κ1) is 22.2. The maximum atomic E-state index is 12.9. The van der Waals surface area contributed by atoms with E-state index in [1.807, 2.05) is 13.1 Å². The van der Waals surface area contributed by atoms with Crippen LogP contribution in [0.1, 0.15) is 46.7 Å². The summed E-state index contributed by atoms with van der Waals surface area (Å²) in [7, 11) is 0. The third-order valence-corrected chi connectivity index (χ3v) is 5.35. The minimum absolute atomic E-state index is 0.0368. The molecule has 0 saturated carbocycles. The van der Waals surface area contributed by atoms with Crippen molar-refractivity contribution in [3.63, 3.8) is 0 Å². The third kappa shape index (κ3) is 4.74. The number of imidazole rings is 1. The molecule has 0 spiro atoms. The normalized spacial score (nSPS) is 15.0. The standard InChI is InChI=1S/C22H22F4N4O2/c1-2-32-19-7-21-28-17(14-8-29(9-14)12-20(23)24)11-30(21)10-13(19)6-18(31)15-4-3-5-16(27-15)22(25)26/h3-5,7,10-11,14,20,22H,2,6,8-9,12H2,1H3. The maximum Gasteiger partial charge on any atom is 0.280 e. The van der Waals surface area contributed by atoms with Crippen molar-refractivity contribution in [3.8, 4) is 5.75 Å². The monoisotopic (exact) mass is 450 g/mol. The molecule has 0 bridgehead atoms. The van der Waals surface area contributed by atoms with Crippen LogP contribution in [0.4, 0.5) is 17.6 Å². The lowest BCUT2D eigenvalue weighted by Crippen LogP contribution is -2.47. The zero-order chi connectivity index (χ0) is 22.8. The smallest absolute Gasteiger partial charge is 0.280 e. The number of fused-ring (bicyclic) bond motifs is 1. The Hall–Kier alpha value is -3.01. The summed E-state index contributed by atoms with van der Waals surface area (Å²) < 4.78 is 58.3. The highest BCUT2D eigenvalue weighted by Crippen LogP contribution is 2.29. The number of halogens is 4. The summed E-state index contributed by atoms with van der Waals surface area (Å²) in [6.07, 6.45) is -1.66. The Morgan fingerprint density at radius 1 is 1.19 bits per heavy atom. The van der Waals surface area contributed by atoms with Crippen LogP contribution in [0.25, 0.3) is 5.65 Å². The van der Waals surface area contributed by atoms with Crippen molar-refractivity contribution in [1.82, 2.24) is 19.3 Å². The van der Waals surface area contributed by atoms with Gasteiger partial charge in [-0.05, 0) is 19.1 Å². The van der Waals surface area contributed by atoms with E-state index in [1.54, 1.807) is 21.6 Å². The lowest BCUT2D eigenvalue weighted by molar-refractivity contribution is 0.0459. The Kier molecular flexibility index (Phi) is 6.40. The molecule has 1 saturated heterocycles. The van der Waals surface area contributed by atoms with E-state index in [-0.39, 0.29) is 24.6 Å². The second-order valence-corrected chi connectivity index (χ2v) is 7.68. The van der Waals surface area contributed by atoms with Gasteiger partial charge >= 0.3 is 0 Å². The molecule has 1 fully saturated rings. The van der Waals surface area contributed by atoms with Gasteiger partial charge in [-0.25, -0.2) is 27.5 Å². The van der Waals surface area contributed by atoms with Gasteiger partial charge in [0.2, 0.25) is 0 Å². The number of rotatable bonds is 9. The Morgan fingerprint density at radius 3 is 2.66 bits per heavy atom. The van der Waals surface area contributed by atoms with Crippen LogP contribution in [0.15, 0.2) is 36.7 Å². The lowest BCUT2D eigenvalue weighted by atomic mass is 9.97. The molecule has 0 N–H and O–H groups in total. The average molecular weight is 450 g/mol. The molecule has 0 amide bonds. The van der Waals surface area contributed by atoms with Crippen molar-refractivity contribution in [1.29, 1.82) is 0 Å². The van der Waals surface area contributed by atoms with Gasteiger partial charge in [0.15, 0.2) is 5.78 Å². The Labute approximate surface area is 181 Å². The van der Waals surface area contributed by atoms with Crippen molar-refractivity contribution >= 4 is 11.4 Å². The molecule has 1 aliphatic rings. The van der Waals surface area contributed by atoms with Gasteiger partial charge in [-0.2, -0.15) is 0 Å². The number of likely N-dealkylation sites (tertiary alicyclic amines) is 1. The van der Waals surface area contributed by atoms with Gasteiger partial charge in [0, 0.05) is 49.5 Å². The van der Waals surface area contributed by atoms with Gasteiger partial charge in [-0.15, -0.1) is 0 Å². The molecule has 10 heteroatoms. The number of Topliss-reactive ketones (excluding diaryl/α,β-unsaturated/α-hetero) is 1. The molecule has 0 unspecified atom stereocenters. The van der Waals surface area contributed by atoms with Gasteiger partial charge in [-0.3, -0.25) is 9.69 Å². The zero-order valence-electron chi connectivity index (χ0n) is 17.3. The highest BCUT2D eigenvalue weighted by molar-refractivity contribution is 5.96. The quantitative estimate of drug-likeness (QED) is 0.362. The van der Waals surface area contributed by atoms with E-state index in [2.05, 4.69) is 9.97 Å². The molecule has 4 heterocycles. The highest BCUT2D eigenvalue weighted by atomic mass is 19.3. The van der Waals surface area contributed by atoms with E-state index >= 15 is 0 Å². The summed E-state index contributed by atoms with van der Waals surface area (Å²) in [4.78, 5) is 22.7. The Balaban J connectivity index is 1.56. The van der Waals surface area contributed by atoms with Crippen LogP contribution in [-0.2, 0) is 6.42 Å². The fraction of sp³-hybridized carbons (Fsp3) is 0.409. The molecule has 32 heavy (non-hydrogen) atoms. The van der Waals surface area contributed by atoms with Crippen LogP contribution >= 0.6 is 0 Å². The zero-order valence-corrected chi connectivity index (χ0v) is 17.3. The first-order valence-corrected chi connectivity index (χ1v) is 10.3. The van der Waals surface area contributed by atoms with Gasteiger partial charge in [0.05, 0.1) is 18.8 Å². The number of alkyl halides is 4. The van der Waals surface area contributed by atoms with Crippen LogP contribution in [0.2, 0.25) is 0 Å². The maximum absolute atomic E-state index is 12.9. The number of nitrogens with zero attached hydrogens (tertiary/aromatic N) is 4. The average Bonchev–Trinajstić information content (AvgIpc) is 3.12. The number of carbonyl (C=O) groups is 1. The number of aromatic nitrogens is 3. The molecule has 6 nitrogen and oxygen atoms in total. The van der Waals surface area contributed by atoms with Crippen molar-refractivity contribution in [2.45, 2.75) is 32.1 Å². The highest BCUT2D eigenvalue weighted by Gasteiger charge is 2.31. The number of carbonyl (C=O) groups excluding carboxylic acids is 1. The molecular formula is C22H22F4N4O2. The summed E-state index contributed by atoms with van der Waals surface area (Å²) in [6, 6.07) is 5.68. The van der Waals surface area contributed by atoms with Crippen molar-refractivity contribution < 1.29 is 27.1 Å². The van der Waals surface area contributed by atoms with E-state index in [0.717, 1.165) is 5.69 Å². The van der Waals surface area contributed by atoms with Crippen molar-refractivity contribution in [2.75, 3.05) is 26.2 Å². The minimum Gasteiger partial charge on any atom is -0.493 e. The Bertz CT molecular complexity index is 1110. The van der Waals surface area contributed by atoms with E-state index < -0.39 is 24.3 Å². The number of pyridine rings is 2. The molecule has 3 aromatic rings. The molecule has 1 aliphatic heterocycles. The first-order valence-electron chi connectivity index (χ1n) is 10.3. The molecule has 170 valence electrons. The second-order valence-electron chi connectivity index (χ2n) is 7.68. The van der Waals surface area contributed by atoms with E-state index in [0.29, 0.717) is 36.7 Å². The number of ketones is 1. The number of hydrogen-bond donors (Lipinski definition) is 0. The van der Waals surface area contributed by atoms with Gasteiger partial charge in [0.25, 0.3) is 12.9 Å². The van der Waals surface area contributed by atoms with Crippen LogP contribution in [0, 0.1) is 0 Å². The Morgan fingerprint density at radius 2 is 1.97 bits per heavy atom. The minimum atomic E-state index is -2.76. The summed E-state index contributed by atoms with van der Waals surface area (Å²) in [6.45, 7) is 2.97. The largest absolute Gasteiger partial charge is 0.493 e. The summed E-state index contributed by atoms with van der Waals surface area (Å²) in [5.74, 6) is 0.133. The molecule has 0 aromatic carbocycles. The predicted molar refractivity (Wildman–Crippen MR) is 109 cm³/mol. The molecule has 4 rings (SSSR count). The molecule has 3 aromatic heterocycles. The first-order chi connectivity index (χ1) is 15.3. The lowest BCUT2D eigenvalue weighted by Gasteiger charge is -2.37. The van der Waals surface area contributed by atoms with Crippen molar-refractivity contribution in [3.05, 3.63) is 59.3 Å². The second kappa shape index (κ2) is 9.23. The van der Waals surface area contributed by atoms with Gasteiger partial charge in [-0.1, -0.05) is 6.07 Å². The van der Waals surface area contributed by atoms with Crippen LogP contribution in [-0.4, -0.2) is 57.7 Å². The van der Waals surface area contributed by atoms with Crippen LogP contribution in [0.3, 0.4) is 0 Å². The summed E-state index contributed by atoms with van der Waals surface area (Å²) >= 11 is 0. The fourth-order valence-corrected chi connectivity index (χ4v) is 3.79. The van der Waals surface area contributed by atoms with Gasteiger partial charge < -0.3 is 9.14 Å². The molecule has 0 radical (unpaired) electrons. The molecule has 0 aliphatic carbocycles. The number of hydrogen-bond acceptors (Lipinski definition) is 5. The summed E-state index contributed by atoms with van der Waals surface area (Å²) in [5.41, 5.74) is 1.49. The van der Waals surface area contributed by atoms with E-state index in [1.165, 1.54) is 18.2 Å². The third-order valence-electron chi connectivity index (χ3n) is 5.35. The van der Waals surface area contributed by atoms with E-state index in [9.17, 15) is 22.4 Å². The van der Waals surface area contributed by atoms with Crippen LogP contribution in [0.5, 0.6) is 5.75 Å². The van der Waals surface area contributed by atoms with Crippen molar-refractivity contribution in [2.24, 2.45) is 0 Å². The van der Waals surface area contributed by atoms with Gasteiger partial charge in [0.1, 0.15) is 22.8 Å². The van der Waals surface area contributed by atoms with Crippen LogP contribution < -0.4 is 4.74 Å².